The summed E-state index contributed by atoms with van der Waals surface area (Å²) in [5, 5.41) is 7.64. The molecule has 28 heavy (non-hydrogen) atoms. The molecule has 0 atom stereocenters. The van der Waals surface area contributed by atoms with Crippen molar-refractivity contribution in [1.82, 2.24) is 10.3 Å². The molecule has 0 bridgehead atoms. The summed E-state index contributed by atoms with van der Waals surface area (Å²) < 4.78 is 10.6. The van der Waals surface area contributed by atoms with Crippen molar-refractivity contribution in [3.8, 4) is 22.1 Å². The van der Waals surface area contributed by atoms with Crippen LogP contribution < -0.4 is 20.1 Å². The van der Waals surface area contributed by atoms with E-state index < -0.39 is 0 Å². The highest BCUT2D eigenvalue weighted by atomic mass is 32.1. The van der Waals surface area contributed by atoms with Gasteiger partial charge in [-0.15, -0.1) is 11.3 Å². The molecule has 0 unspecified atom stereocenters. The van der Waals surface area contributed by atoms with E-state index in [1.165, 1.54) is 4.88 Å². The predicted octanol–water partition coefficient (Wildman–Crippen LogP) is 4.32. The van der Waals surface area contributed by atoms with Crippen molar-refractivity contribution in [3.63, 3.8) is 0 Å². The topological polar surface area (TPSA) is 67.8 Å². The zero-order valence-electron chi connectivity index (χ0n) is 16.4. The molecule has 3 rings (SSSR count). The van der Waals surface area contributed by atoms with E-state index >= 15 is 0 Å². The summed E-state index contributed by atoms with van der Waals surface area (Å²) in [5.74, 6) is 2.01. The first kappa shape index (κ1) is 19.7. The number of hydrogen-bond donors (Lipinski definition) is 2. The van der Waals surface area contributed by atoms with Gasteiger partial charge in [-0.05, 0) is 19.1 Å². The third-order valence-electron chi connectivity index (χ3n) is 4.20. The van der Waals surface area contributed by atoms with Crippen LogP contribution in [0.25, 0.3) is 10.6 Å². The molecule has 1 heterocycles. The van der Waals surface area contributed by atoms with Crippen LogP contribution in [-0.4, -0.2) is 32.2 Å². The average Bonchev–Trinajstić information content (AvgIpc) is 3.12. The number of methoxy groups -OCH3 is 2. The molecule has 0 radical (unpaired) electrons. The van der Waals surface area contributed by atoms with Gasteiger partial charge in [-0.25, -0.2) is 4.98 Å². The number of anilines is 1. The number of benzene rings is 2. The number of aryl methyl sites for hydroxylation is 1. The van der Waals surface area contributed by atoms with Gasteiger partial charge in [0.25, 0.3) is 0 Å². The van der Waals surface area contributed by atoms with Crippen molar-refractivity contribution in [2.24, 2.45) is 4.99 Å². The molecule has 0 aliphatic carbocycles. The first-order chi connectivity index (χ1) is 13.6. The molecule has 2 N–H and O–H groups in total. The smallest absolute Gasteiger partial charge is 0.195 e. The number of guanidine groups is 1. The van der Waals surface area contributed by atoms with E-state index in [4.69, 9.17) is 14.5 Å². The average molecular weight is 397 g/mol. The van der Waals surface area contributed by atoms with Gasteiger partial charge < -0.3 is 20.1 Å². The minimum atomic E-state index is 0.642. The standard InChI is InChI=1S/C21H24N4O2S/c1-14-19(28-20(24-14)15-8-6-5-7-9-15)13-23-21(22-2)25-16-10-11-17(26-3)18(12-16)27-4/h5-12H,13H2,1-4H3,(H2,22,23,25). The lowest BCUT2D eigenvalue weighted by molar-refractivity contribution is 0.355. The van der Waals surface area contributed by atoms with Crippen molar-refractivity contribution in [3.05, 3.63) is 59.1 Å². The van der Waals surface area contributed by atoms with Gasteiger partial charge in [0.05, 0.1) is 26.5 Å². The second-order valence-electron chi connectivity index (χ2n) is 6.01. The maximum atomic E-state index is 5.35. The van der Waals surface area contributed by atoms with Gasteiger partial charge in [-0.1, -0.05) is 30.3 Å². The maximum absolute atomic E-state index is 5.35. The Hall–Kier alpha value is -3.06. The Morgan fingerprint density at radius 3 is 2.50 bits per heavy atom. The lowest BCUT2D eigenvalue weighted by atomic mass is 10.2. The Morgan fingerprint density at radius 1 is 1.07 bits per heavy atom. The molecular formula is C21H24N4O2S. The van der Waals surface area contributed by atoms with E-state index in [-0.39, 0.29) is 0 Å². The lowest BCUT2D eigenvalue weighted by Gasteiger charge is -2.13. The van der Waals surface area contributed by atoms with E-state index in [0.29, 0.717) is 24.0 Å². The first-order valence-corrected chi connectivity index (χ1v) is 9.67. The summed E-state index contributed by atoms with van der Waals surface area (Å²) in [7, 11) is 4.98. The summed E-state index contributed by atoms with van der Waals surface area (Å²) in [4.78, 5) is 10.2. The molecule has 6 nitrogen and oxygen atoms in total. The second-order valence-corrected chi connectivity index (χ2v) is 7.10. The number of hydrogen-bond acceptors (Lipinski definition) is 5. The third-order valence-corrected chi connectivity index (χ3v) is 5.41. The molecule has 0 amide bonds. The summed E-state index contributed by atoms with van der Waals surface area (Å²) in [5.41, 5.74) is 3.02. The minimum Gasteiger partial charge on any atom is -0.493 e. The molecular weight excluding hydrogens is 372 g/mol. The van der Waals surface area contributed by atoms with E-state index in [2.05, 4.69) is 27.8 Å². The fourth-order valence-electron chi connectivity index (χ4n) is 2.69. The highest BCUT2D eigenvalue weighted by molar-refractivity contribution is 7.15. The molecule has 0 saturated heterocycles. The van der Waals surface area contributed by atoms with Crippen LogP contribution in [0.1, 0.15) is 10.6 Å². The van der Waals surface area contributed by atoms with Crippen molar-refractivity contribution >= 4 is 23.0 Å². The van der Waals surface area contributed by atoms with Crippen LogP contribution in [0.5, 0.6) is 11.5 Å². The van der Waals surface area contributed by atoms with Crippen LogP contribution in [-0.2, 0) is 6.54 Å². The molecule has 0 aliphatic rings. The zero-order valence-corrected chi connectivity index (χ0v) is 17.3. The van der Waals surface area contributed by atoms with E-state index in [9.17, 15) is 0 Å². The summed E-state index contributed by atoms with van der Waals surface area (Å²) >= 11 is 1.69. The molecule has 1 aromatic heterocycles. The quantitative estimate of drug-likeness (QED) is 0.480. The molecule has 0 spiro atoms. The monoisotopic (exact) mass is 396 g/mol. The zero-order chi connectivity index (χ0) is 19.9. The van der Waals surface area contributed by atoms with Crippen LogP contribution in [0.4, 0.5) is 5.69 Å². The number of nitrogens with zero attached hydrogens (tertiary/aromatic N) is 2. The second kappa shape index (κ2) is 9.23. The van der Waals surface area contributed by atoms with Crippen LogP contribution in [0, 0.1) is 6.92 Å². The van der Waals surface area contributed by atoms with Crippen molar-refractivity contribution in [1.29, 1.82) is 0 Å². The van der Waals surface area contributed by atoms with Gasteiger partial charge in [0.1, 0.15) is 5.01 Å². The van der Waals surface area contributed by atoms with Gasteiger partial charge in [-0.2, -0.15) is 0 Å². The van der Waals surface area contributed by atoms with Crippen LogP contribution in [0.3, 0.4) is 0 Å². The number of aromatic nitrogens is 1. The van der Waals surface area contributed by atoms with Gasteiger partial charge in [0, 0.05) is 29.2 Å². The molecule has 7 heteroatoms. The fraction of sp³-hybridized carbons (Fsp3) is 0.238. The summed E-state index contributed by atoms with van der Waals surface area (Å²) in [6.45, 7) is 2.67. The molecule has 0 fully saturated rings. The minimum absolute atomic E-state index is 0.642. The van der Waals surface area contributed by atoms with Crippen molar-refractivity contribution in [2.75, 3.05) is 26.6 Å². The molecule has 146 valence electrons. The number of thiazole rings is 1. The van der Waals surface area contributed by atoms with Crippen molar-refractivity contribution in [2.45, 2.75) is 13.5 Å². The third kappa shape index (κ3) is 4.61. The van der Waals surface area contributed by atoms with Crippen LogP contribution in [0.2, 0.25) is 0 Å². The van der Waals surface area contributed by atoms with E-state index in [0.717, 1.165) is 22.0 Å². The Kier molecular flexibility index (Phi) is 6.49. The van der Waals surface area contributed by atoms with E-state index in [1.807, 2.05) is 43.3 Å². The molecule has 0 aliphatic heterocycles. The Labute approximate surface area is 169 Å². The fourth-order valence-corrected chi connectivity index (χ4v) is 3.70. The maximum Gasteiger partial charge on any atom is 0.195 e. The predicted molar refractivity (Wildman–Crippen MR) is 116 cm³/mol. The van der Waals surface area contributed by atoms with Crippen LogP contribution >= 0.6 is 11.3 Å². The highest BCUT2D eigenvalue weighted by Gasteiger charge is 2.11. The molecule has 2 aromatic carbocycles. The van der Waals surface area contributed by atoms with Gasteiger partial charge in [0.2, 0.25) is 0 Å². The number of aliphatic imine (C=N–C) groups is 1. The largest absolute Gasteiger partial charge is 0.493 e. The van der Waals surface area contributed by atoms with Gasteiger partial charge >= 0.3 is 0 Å². The van der Waals surface area contributed by atoms with Crippen LogP contribution in [0.15, 0.2) is 53.5 Å². The number of rotatable bonds is 6. The molecule has 0 saturated carbocycles. The Balaban J connectivity index is 1.67. The SMILES string of the molecule is CN=C(NCc1sc(-c2ccccc2)nc1C)Nc1ccc(OC)c(OC)c1. The first-order valence-electron chi connectivity index (χ1n) is 8.86. The normalized spacial score (nSPS) is 11.2. The lowest BCUT2D eigenvalue weighted by Crippen LogP contribution is -2.30. The number of nitrogens with one attached hydrogen (secondary N) is 2. The summed E-state index contributed by atoms with van der Waals surface area (Å²) in [6.07, 6.45) is 0. The summed E-state index contributed by atoms with van der Waals surface area (Å²) in [6, 6.07) is 15.9. The highest BCUT2D eigenvalue weighted by Crippen LogP contribution is 2.30. The van der Waals surface area contributed by atoms with Crippen molar-refractivity contribution < 1.29 is 9.47 Å². The Morgan fingerprint density at radius 2 is 1.82 bits per heavy atom. The Bertz CT molecular complexity index is 954. The molecule has 3 aromatic rings. The van der Waals surface area contributed by atoms with E-state index in [1.54, 1.807) is 32.6 Å². The van der Waals surface area contributed by atoms with Gasteiger partial charge in [0.15, 0.2) is 17.5 Å². The van der Waals surface area contributed by atoms with Gasteiger partial charge in [-0.3, -0.25) is 4.99 Å². The number of ether oxygens (including phenoxy) is 2.